The minimum Gasteiger partial charge on any atom is -0.458 e. The van der Waals surface area contributed by atoms with Crippen molar-refractivity contribution in [3.8, 4) is 0 Å². The minimum absolute atomic E-state index is 0.0481. The van der Waals surface area contributed by atoms with E-state index in [-0.39, 0.29) is 41.3 Å². The average molecular weight is 507 g/mol. The Morgan fingerprint density at radius 3 is 2.53 bits per heavy atom. The molecule has 6 rings (SSSR count). The van der Waals surface area contributed by atoms with Crippen molar-refractivity contribution in [1.29, 1.82) is 0 Å². The van der Waals surface area contributed by atoms with Crippen LogP contribution in [-0.4, -0.2) is 75.9 Å². The summed E-state index contributed by atoms with van der Waals surface area (Å²) < 4.78 is 16.9. The molecule has 0 aromatic rings. The summed E-state index contributed by atoms with van der Waals surface area (Å²) >= 11 is 0. The Labute approximate surface area is 213 Å². The van der Waals surface area contributed by atoms with Crippen LogP contribution in [0.3, 0.4) is 0 Å². The van der Waals surface area contributed by atoms with Gasteiger partial charge >= 0.3 is 5.97 Å². The summed E-state index contributed by atoms with van der Waals surface area (Å²) in [6, 6.07) is 0. The maximum absolute atomic E-state index is 12.4. The summed E-state index contributed by atoms with van der Waals surface area (Å²) in [7, 11) is 0. The quantitative estimate of drug-likeness (QED) is 0.339. The van der Waals surface area contributed by atoms with E-state index in [1.54, 1.807) is 0 Å². The van der Waals surface area contributed by atoms with Crippen LogP contribution in [0.15, 0.2) is 11.6 Å². The summed E-state index contributed by atoms with van der Waals surface area (Å²) in [5, 5.41) is 42.4. The molecule has 202 valence electrons. The number of carbonyl (C=O) groups excluding carboxylic acids is 1. The standard InChI is InChI=1S/C28H42O8/c1-26-9-5-16(36-25-23(31)22(30)21(29)14-35-25)13-15(26)3-4-20-19(26)6-10-27(2)18(7-11-28(20,27)33)17-8-12-34-24(17)32/h8,15-16,18-23,25,29-31,33H,3-7,9-14H2,1-2H3/t15-,16?,18-,19?,20?,21+,22-,23+,25?,26+,27-,28+/m1/s1. The molecular formula is C28H42O8. The van der Waals surface area contributed by atoms with Crippen molar-refractivity contribution in [1.82, 2.24) is 0 Å². The van der Waals surface area contributed by atoms with Crippen LogP contribution in [0.2, 0.25) is 0 Å². The lowest BCUT2D eigenvalue weighted by atomic mass is 9.43. The summed E-state index contributed by atoms with van der Waals surface area (Å²) in [4.78, 5) is 12.4. The Morgan fingerprint density at radius 1 is 0.972 bits per heavy atom. The van der Waals surface area contributed by atoms with Crippen LogP contribution < -0.4 is 0 Å². The average Bonchev–Trinajstić information content (AvgIpc) is 3.39. The van der Waals surface area contributed by atoms with E-state index < -0.39 is 30.2 Å². The molecule has 0 spiro atoms. The van der Waals surface area contributed by atoms with E-state index in [1.807, 2.05) is 6.08 Å². The normalized spacial score (nSPS) is 54.8. The fourth-order valence-corrected chi connectivity index (χ4v) is 9.55. The molecule has 2 aliphatic heterocycles. The van der Waals surface area contributed by atoms with E-state index in [0.717, 1.165) is 63.4 Å². The largest absolute Gasteiger partial charge is 0.458 e. The molecule has 0 amide bonds. The number of rotatable bonds is 3. The molecule has 2 heterocycles. The van der Waals surface area contributed by atoms with Gasteiger partial charge in [-0.15, -0.1) is 0 Å². The first-order chi connectivity index (χ1) is 17.1. The molecule has 0 radical (unpaired) electrons. The summed E-state index contributed by atoms with van der Waals surface area (Å²) in [6.07, 6.45) is 5.63. The molecule has 36 heavy (non-hydrogen) atoms. The number of carbonyl (C=O) groups is 1. The highest BCUT2D eigenvalue weighted by atomic mass is 16.7. The monoisotopic (exact) mass is 506 g/mol. The van der Waals surface area contributed by atoms with Crippen LogP contribution in [0.1, 0.15) is 71.6 Å². The first-order valence-electron chi connectivity index (χ1n) is 14.0. The third-order valence-electron chi connectivity index (χ3n) is 11.7. The molecule has 12 atom stereocenters. The van der Waals surface area contributed by atoms with Crippen molar-refractivity contribution in [3.05, 3.63) is 11.6 Å². The van der Waals surface area contributed by atoms with Gasteiger partial charge in [0, 0.05) is 11.0 Å². The van der Waals surface area contributed by atoms with Gasteiger partial charge in [-0.2, -0.15) is 0 Å². The lowest BCUT2D eigenvalue weighted by Crippen LogP contribution is -2.62. The van der Waals surface area contributed by atoms with Gasteiger partial charge in [0.05, 0.1) is 18.3 Å². The molecule has 4 saturated carbocycles. The van der Waals surface area contributed by atoms with Gasteiger partial charge in [-0.1, -0.05) is 13.8 Å². The zero-order valence-corrected chi connectivity index (χ0v) is 21.5. The van der Waals surface area contributed by atoms with Crippen LogP contribution in [-0.2, 0) is 19.0 Å². The van der Waals surface area contributed by atoms with Gasteiger partial charge in [-0.25, -0.2) is 4.79 Å². The summed E-state index contributed by atoms with van der Waals surface area (Å²) in [5.74, 6) is 1.01. The van der Waals surface area contributed by atoms with Crippen LogP contribution in [0.5, 0.6) is 0 Å². The smallest absolute Gasteiger partial charge is 0.334 e. The van der Waals surface area contributed by atoms with E-state index in [0.29, 0.717) is 18.4 Å². The molecule has 0 bridgehead atoms. The van der Waals surface area contributed by atoms with Crippen molar-refractivity contribution >= 4 is 5.97 Å². The number of hydrogen-bond donors (Lipinski definition) is 4. The van der Waals surface area contributed by atoms with Gasteiger partial charge < -0.3 is 34.6 Å². The van der Waals surface area contributed by atoms with Gasteiger partial charge in [0.2, 0.25) is 0 Å². The number of aliphatic hydroxyl groups excluding tert-OH is 3. The molecule has 4 aliphatic carbocycles. The lowest BCUT2D eigenvalue weighted by molar-refractivity contribution is -0.290. The predicted molar refractivity (Wildman–Crippen MR) is 128 cm³/mol. The molecule has 0 aromatic heterocycles. The third kappa shape index (κ3) is 3.51. The lowest BCUT2D eigenvalue weighted by Gasteiger charge is -2.63. The Hall–Kier alpha value is -1.03. The number of cyclic esters (lactones) is 1. The molecule has 8 nitrogen and oxygen atoms in total. The number of aliphatic hydroxyl groups is 4. The SMILES string of the molecule is C[C@]12CCC(OC3OC[C@H](O)[C@@H](O)[C@@H]3O)C[C@H]1CCC1C2CC[C@]2(C)[C@@H](C3=CCOC3=O)CC[C@]12O. The van der Waals surface area contributed by atoms with Gasteiger partial charge in [0.1, 0.15) is 24.9 Å². The van der Waals surface area contributed by atoms with Crippen molar-refractivity contribution in [2.24, 2.45) is 34.5 Å². The molecule has 6 aliphatic rings. The zero-order valence-electron chi connectivity index (χ0n) is 21.5. The second-order valence-corrected chi connectivity index (χ2v) is 13.0. The van der Waals surface area contributed by atoms with Crippen LogP contribution in [0.4, 0.5) is 0 Å². The van der Waals surface area contributed by atoms with Gasteiger partial charge in [0.25, 0.3) is 0 Å². The zero-order chi connectivity index (χ0) is 25.5. The van der Waals surface area contributed by atoms with Crippen LogP contribution in [0, 0.1) is 34.5 Å². The van der Waals surface area contributed by atoms with E-state index in [1.165, 1.54) is 0 Å². The highest BCUT2D eigenvalue weighted by Crippen LogP contribution is 2.70. The van der Waals surface area contributed by atoms with Gasteiger partial charge in [-0.05, 0) is 93.0 Å². The Morgan fingerprint density at radius 2 is 1.78 bits per heavy atom. The van der Waals surface area contributed by atoms with Crippen molar-refractivity contribution in [3.63, 3.8) is 0 Å². The number of ether oxygens (including phenoxy) is 3. The predicted octanol–water partition coefficient (Wildman–Crippen LogP) is 2.07. The topological polar surface area (TPSA) is 126 Å². The molecule has 1 saturated heterocycles. The van der Waals surface area contributed by atoms with Gasteiger partial charge in [0.15, 0.2) is 6.29 Å². The summed E-state index contributed by atoms with van der Waals surface area (Å²) in [6.45, 7) is 4.93. The van der Waals surface area contributed by atoms with Crippen molar-refractivity contribution in [2.75, 3.05) is 13.2 Å². The fourth-order valence-electron chi connectivity index (χ4n) is 9.55. The number of esters is 1. The first-order valence-corrected chi connectivity index (χ1v) is 14.0. The third-order valence-corrected chi connectivity index (χ3v) is 11.7. The Bertz CT molecular complexity index is 921. The molecule has 5 fully saturated rings. The molecule has 4 N–H and O–H groups in total. The Kier molecular flexibility index (Phi) is 6.14. The van der Waals surface area contributed by atoms with Crippen LogP contribution in [0.25, 0.3) is 0 Å². The van der Waals surface area contributed by atoms with Crippen molar-refractivity contribution in [2.45, 2.75) is 108 Å². The van der Waals surface area contributed by atoms with E-state index in [2.05, 4.69) is 13.8 Å². The maximum Gasteiger partial charge on any atom is 0.334 e. The van der Waals surface area contributed by atoms with E-state index >= 15 is 0 Å². The number of hydrogen-bond acceptors (Lipinski definition) is 8. The second-order valence-electron chi connectivity index (χ2n) is 13.0. The fraction of sp³-hybridized carbons (Fsp3) is 0.893. The molecule has 4 unspecified atom stereocenters. The van der Waals surface area contributed by atoms with E-state index in [4.69, 9.17) is 14.2 Å². The van der Waals surface area contributed by atoms with Gasteiger partial charge in [-0.3, -0.25) is 0 Å². The second kappa shape index (κ2) is 8.75. The Balaban J connectivity index is 1.17. The molecular weight excluding hydrogens is 464 g/mol. The minimum atomic E-state index is -1.26. The molecule has 8 heteroatoms. The van der Waals surface area contributed by atoms with E-state index in [9.17, 15) is 25.2 Å². The maximum atomic E-state index is 12.4. The summed E-state index contributed by atoms with van der Waals surface area (Å²) in [5.41, 5.74) is -0.158. The number of fused-ring (bicyclic) bond motifs is 5. The molecule has 0 aromatic carbocycles. The first kappa shape index (κ1) is 25.3. The highest BCUT2D eigenvalue weighted by Gasteiger charge is 2.68. The highest BCUT2D eigenvalue weighted by molar-refractivity contribution is 5.91. The van der Waals surface area contributed by atoms with Crippen LogP contribution >= 0.6 is 0 Å². The van der Waals surface area contributed by atoms with Crippen molar-refractivity contribution < 1.29 is 39.4 Å².